The Kier molecular flexibility index (Phi) is 6.51. The molecule has 1 fully saturated rings. The molecule has 1 rings (SSSR count). The minimum absolute atomic E-state index is 0.231. The van der Waals surface area contributed by atoms with Gasteiger partial charge in [-0.2, -0.15) is 5.48 Å². The van der Waals surface area contributed by atoms with Crippen molar-refractivity contribution in [1.29, 1.82) is 0 Å². The highest BCUT2D eigenvalue weighted by atomic mass is 16.7. The Morgan fingerprint density at radius 2 is 1.95 bits per heavy atom. The van der Waals surface area contributed by atoms with Crippen LogP contribution in [0.5, 0.6) is 0 Å². The molecule has 0 aliphatic carbocycles. The second kappa shape index (κ2) is 7.48. The van der Waals surface area contributed by atoms with E-state index in [9.17, 15) is 15.0 Å². The molecule has 8 nitrogen and oxygen atoms in total. The molecule has 1 aliphatic heterocycles. The SMILES string of the molecule is CCO[C@H]1[C@H](NO)[C@H](O)[C@@H](COC(=O)C(C)(C)C)O[C@@H]1O. The molecule has 0 aromatic heterocycles. The van der Waals surface area contributed by atoms with Gasteiger partial charge in [0.05, 0.1) is 11.5 Å². The molecule has 124 valence electrons. The smallest absolute Gasteiger partial charge is 0.311 e. The van der Waals surface area contributed by atoms with Gasteiger partial charge in [-0.3, -0.25) is 4.79 Å². The molecule has 21 heavy (non-hydrogen) atoms. The zero-order valence-electron chi connectivity index (χ0n) is 12.8. The van der Waals surface area contributed by atoms with E-state index in [1.165, 1.54) is 0 Å². The van der Waals surface area contributed by atoms with Gasteiger partial charge in [0.2, 0.25) is 0 Å². The first-order valence-electron chi connectivity index (χ1n) is 6.92. The summed E-state index contributed by atoms with van der Waals surface area (Å²) in [7, 11) is 0. The highest BCUT2D eigenvalue weighted by Gasteiger charge is 2.46. The fourth-order valence-corrected chi connectivity index (χ4v) is 1.98. The van der Waals surface area contributed by atoms with Crippen molar-refractivity contribution in [2.45, 2.75) is 58.3 Å². The molecule has 1 aliphatic rings. The molecule has 0 unspecified atom stereocenters. The minimum atomic E-state index is -1.35. The topological polar surface area (TPSA) is 117 Å². The van der Waals surface area contributed by atoms with Crippen molar-refractivity contribution in [2.75, 3.05) is 13.2 Å². The molecule has 1 saturated heterocycles. The number of hydrogen-bond acceptors (Lipinski definition) is 8. The summed E-state index contributed by atoms with van der Waals surface area (Å²) in [6, 6.07) is -0.952. The lowest BCUT2D eigenvalue weighted by Gasteiger charge is -2.41. The average molecular weight is 307 g/mol. The number of carbonyl (C=O) groups excluding carboxylic acids is 1. The third-order valence-corrected chi connectivity index (χ3v) is 3.20. The lowest BCUT2D eigenvalue weighted by molar-refractivity contribution is -0.281. The molecule has 0 amide bonds. The Morgan fingerprint density at radius 3 is 2.43 bits per heavy atom. The van der Waals surface area contributed by atoms with Crippen molar-refractivity contribution < 1.29 is 34.4 Å². The normalized spacial score (nSPS) is 33.8. The molecule has 0 radical (unpaired) electrons. The van der Waals surface area contributed by atoms with E-state index in [0.717, 1.165) is 0 Å². The molecule has 0 aromatic rings. The van der Waals surface area contributed by atoms with Gasteiger partial charge in [-0.25, -0.2) is 0 Å². The Bertz CT molecular complexity index is 344. The van der Waals surface area contributed by atoms with Crippen LogP contribution in [0.2, 0.25) is 0 Å². The van der Waals surface area contributed by atoms with Gasteiger partial charge in [0.25, 0.3) is 0 Å². The molecular weight excluding hydrogens is 282 g/mol. The summed E-state index contributed by atoms with van der Waals surface area (Å²) < 4.78 is 15.5. The number of aliphatic hydroxyl groups excluding tert-OH is 2. The summed E-state index contributed by atoms with van der Waals surface area (Å²) in [5.41, 5.74) is 1.23. The van der Waals surface area contributed by atoms with Gasteiger partial charge in [0.1, 0.15) is 24.9 Å². The molecule has 0 bridgehead atoms. The Balaban J connectivity index is 2.67. The maximum Gasteiger partial charge on any atom is 0.311 e. The van der Waals surface area contributed by atoms with Gasteiger partial charge < -0.3 is 29.6 Å². The third kappa shape index (κ3) is 4.60. The van der Waals surface area contributed by atoms with Crippen LogP contribution in [0, 0.1) is 5.41 Å². The highest BCUT2D eigenvalue weighted by Crippen LogP contribution is 2.23. The summed E-state index contributed by atoms with van der Waals surface area (Å²) in [6.45, 7) is 6.86. The van der Waals surface area contributed by atoms with Crippen LogP contribution in [0.4, 0.5) is 0 Å². The first-order chi connectivity index (χ1) is 9.72. The maximum absolute atomic E-state index is 11.7. The second-order valence-electron chi connectivity index (χ2n) is 5.98. The van der Waals surface area contributed by atoms with Gasteiger partial charge in [-0.05, 0) is 27.7 Å². The van der Waals surface area contributed by atoms with E-state index in [4.69, 9.17) is 19.4 Å². The third-order valence-electron chi connectivity index (χ3n) is 3.20. The van der Waals surface area contributed by atoms with E-state index < -0.39 is 42.0 Å². The summed E-state index contributed by atoms with van der Waals surface area (Å²) >= 11 is 0. The Hall–Kier alpha value is -0.770. The summed E-state index contributed by atoms with van der Waals surface area (Å²) in [4.78, 5) is 11.7. The van der Waals surface area contributed by atoms with Crippen LogP contribution in [-0.2, 0) is 19.0 Å². The van der Waals surface area contributed by atoms with E-state index in [0.29, 0.717) is 0 Å². The minimum Gasteiger partial charge on any atom is -0.462 e. The second-order valence-corrected chi connectivity index (χ2v) is 5.98. The van der Waals surface area contributed by atoms with Crippen molar-refractivity contribution in [3.63, 3.8) is 0 Å². The number of hydrogen-bond donors (Lipinski definition) is 4. The molecular formula is C13H25NO7. The van der Waals surface area contributed by atoms with E-state index >= 15 is 0 Å². The van der Waals surface area contributed by atoms with Gasteiger partial charge >= 0.3 is 5.97 Å². The standard InChI is InChI=1S/C13H25NO7/c1-5-19-10-8(14-18)9(15)7(21-11(10)16)6-20-12(17)13(2,3)4/h7-11,14-16,18H,5-6H2,1-4H3/t7-,8-,9-,10+,11+/m1/s1. The van der Waals surface area contributed by atoms with Crippen molar-refractivity contribution in [2.24, 2.45) is 5.41 Å². The zero-order valence-corrected chi connectivity index (χ0v) is 12.8. The van der Waals surface area contributed by atoms with E-state index in [1.807, 2.05) is 5.48 Å². The fraction of sp³-hybridized carbons (Fsp3) is 0.923. The molecule has 1 heterocycles. The Morgan fingerprint density at radius 1 is 1.33 bits per heavy atom. The number of aliphatic hydroxyl groups is 2. The van der Waals surface area contributed by atoms with Crippen LogP contribution >= 0.6 is 0 Å². The van der Waals surface area contributed by atoms with Gasteiger partial charge in [0, 0.05) is 6.61 Å². The number of ether oxygens (including phenoxy) is 3. The van der Waals surface area contributed by atoms with Crippen LogP contribution in [0.3, 0.4) is 0 Å². The highest BCUT2D eigenvalue weighted by molar-refractivity contribution is 5.75. The first-order valence-corrected chi connectivity index (χ1v) is 6.92. The molecule has 0 aromatic carbocycles. The van der Waals surface area contributed by atoms with Gasteiger partial charge in [-0.15, -0.1) is 0 Å². The molecule has 8 heteroatoms. The number of carbonyl (C=O) groups is 1. The lowest BCUT2D eigenvalue weighted by Crippen LogP contribution is -2.64. The van der Waals surface area contributed by atoms with Gasteiger partial charge in [0.15, 0.2) is 6.29 Å². The monoisotopic (exact) mass is 307 g/mol. The molecule has 0 saturated carbocycles. The van der Waals surface area contributed by atoms with Gasteiger partial charge in [-0.1, -0.05) is 0 Å². The fourth-order valence-electron chi connectivity index (χ4n) is 1.98. The van der Waals surface area contributed by atoms with Crippen LogP contribution < -0.4 is 5.48 Å². The van der Waals surface area contributed by atoms with Crippen LogP contribution in [0.1, 0.15) is 27.7 Å². The largest absolute Gasteiger partial charge is 0.462 e. The van der Waals surface area contributed by atoms with Crippen LogP contribution in [-0.4, -0.2) is 65.2 Å². The lowest BCUT2D eigenvalue weighted by atomic mass is 9.96. The van der Waals surface area contributed by atoms with E-state index in [-0.39, 0.29) is 13.2 Å². The van der Waals surface area contributed by atoms with Crippen molar-refractivity contribution in [1.82, 2.24) is 5.48 Å². The summed E-state index contributed by atoms with van der Waals surface area (Å²) in [5, 5.41) is 29.1. The Labute approximate surface area is 124 Å². The number of esters is 1. The summed E-state index contributed by atoms with van der Waals surface area (Å²) in [6.07, 6.45) is -4.45. The number of rotatable bonds is 5. The predicted octanol–water partition coefficient (Wildman–Crippen LogP) is -0.594. The molecule has 0 spiro atoms. The molecule has 5 atom stereocenters. The van der Waals surface area contributed by atoms with Crippen LogP contribution in [0.25, 0.3) is 0 Å². The maximum atomic E-state index is 11.7. The zero-order chi connectivity index (χ0) is 16.2. The quantitative estimate of drug-likeness (QED) is 0.393. The van der Waals surface area contributed by atoms with Crippen molar-refractivity contribution in [3.05, 3.63) is 0 Å². The number of hydroxylamine groups is 1. The predicted molar refractivity (Wildman–Crippen MR) is 71.4 cm³/mol. The molecule has 4 N–H and O–H groups in total. The van der Waals surface area contributed by atoms with Crippen LogP contribution in [0.15, 0.2) is 0 Å². The van der Waals surface area contributed by atoms with Crippen molar-refractivity contribution in [3.8, 4) is 0 Å². The first kappa shape index (κ1) is 18.3. The van der Waals surface area contributed by atoms with Crippen molar-refractivity contribution >= 4 is 5.97 Å². The number of nitrogens with one attached hydrogen (secondary N) is 1. The summed E-state index contributed by atoms with van der Waals surface area (Å²) in [5.74, 6) is -0.451. The average Bonchev–Trinajstić information content (AvgIpc) is 2.40. The van der Waals surface area contributed by atoms with E-state index in [1.54, 1.807) is 27.7 Å². The van der Waals surface area contributed by atoms with E-state index in [2.05, 4.69) is 0 Å².